The number of nitrogens with zero attached hydrogens (tertiary/aromatic N) is 5. The normalized spacial score (nSPS) is 16.7. The van der Waals surface area contributed by atoms with E-state index < -0.39 is 0 Å². The monoisotopic (exact) mass is 394 g/mol. The van der Waals surface area contributed by atoms with E-state index in [4.69, 9.17) is 4.42 Å². The van der Waals surface area contributed by atoms with Gasteiger partial charge in [0.2, 0.25) is 5.91 Å². The molecule has 1 aromatic carbocycles. The number of thiophene rings is 1. The molecule has 1 unspecified atom stereocenters. The topological polar surface area (TPSA) is 89.1 Å². The number of rotatable bonds is 5. The van der Waals surface area contributed by atoms with E-state index in [1.54, 1.807) is 16.0 Å². The lowest BCUT2D eigenvalue weighted by molar-refractivity contribution is -0.122. The largest absolute Gasteiger partial charge is 0.423 e. The third kappa shape index (κ3) is 3.13. The summed E-state index contributed by atoms with van der Waals surface area (Å²) in [6.45, 7) is 1.08. The van der Waals surface area contributed by atoms with Crippen LogP contribution >= 0.6 is 11.3 Å². The first-order valence-corrected chi connectivity index (χ1v) is 10.1. The van der Waals surface area contributed by atoms with Gasteiger partial charge < -0.3 is 14.6 Å². The molecule has 1 aliphatic heterocycles. The maximum Gasteiger partial charge on any atom is 0.299 e. The van der Waals surface area contributed by atoms with Crippen molar-refractivity contribution in [3.8, 4) is 5.69 Å². The van der Waals surface area contributed by atoms with Gasteiger partial charge in [-0.15, -0.1) is 5.10 Å². The van der Waals surface area contributed by atoms with Crippen molar-refractivity contribution in [2.45, 2.75) is 25.4 Å². The predicted octanol–water partition coefficient (Wildman–Crippen LogP) is 2.76. The lowest BCUT2D eigenvalue weighted by Crippen LogP contribution is -2.43. The van der Waals surface area contributed by atoms with Gasteiger partial charge in [-0.25, -0.2) is 4.68 Å². The maximum atomic E-state index is 12.8. The highest BCUT2D eigenvalue weighted by Gasteiger charge is 2.33. The molecule has 0 bridgehead atoms. The van der Waals surface area contributed by atoms with Gasteiger partial charge in [-0.1, -0.05) is 17.3 Å². The zero-order valence-electron chi connectivity index (χ0n) is 15.0. The number of benzene rings is 1. The average Bonchev–Trinajstić information content (AvgIpc) is 3.50. The molecule has 3 aromatic heterocycles. The second-order valence-corrected chi connectivity index (χ2v) is 7.45. The fourth-order valence-corrected chi connectivity index (χ4v) is 4.06. The number of oxazole rings is 1. The highest BCUT2D eigenvalue weighted by atomic mass is 32.1. The fourth-order valence-electron chi connectivity index (χ4n) is 3.44. The first-order valence-electron chi connectivity index (χ1n) is 9.12. The number of carbonyl (C=O) groups is 1. The number of carbonyl (C=O) groups excluding carboxylic acids is 1. The van der Waals surface area contributed by atoms with Gasteiger partial charge in [0.05, 0.1) is 18.4 Å². The number of nitrogens with one attached hydrogen (secondary N) is 1. The summed E-state index contributed by atoms with van der Waals surface area (Å²) in [6.07, 6.45) is 3.52. The quantitative estimate of drug-likeness (QED) is 0.560. The lowest BCUT2D eigenvalue weighted by Gasteiger charge is -2.21. The molecule has 9 heteroatoms. The highest BCUT2D eigenvalue weighted by molar-refractivity contribution is 7.08. The van der Waals surface area contributed by atoms with E-state index >= 15 is 0 Å². The summed E-state index contributed by atoms with van der Waals surface area (Å²) in [6, 6.07) is 9.80. The molecule has 142 valence electrons. The van der Waals surface area contributed by atoms with Gasteiger partial charge in [-0.3, -0.25) is 4.79 Å². The molecule has 8 nitrogen and oxygen atoms in total. The number of anilines is 1. The van der Waals surface area contributed by atoms with Gasteiger partial charge >= 0.3 is 0 Å². The van der Waals surface area contributed by atoms with Crippen LogP contribution in [0.4, 0.5) is 6.01 Å². The van der Waals surface area contributed by atoms with Gasteiger partial charge in [-0.2, -0.15) is 16.3 Å². The lowest BCUT2D eigenvalue weighted by atomic mass is 10.2. The van der Waals surface area contributed by atoms with Crippen molar-refractivity contribution >= 4 is 34.4 Å². The molecular formula is C19H18N6O2S. The van der Waals surface area contributed by atoms with Crippen molar-refractivity contribution in [3.05, 3.63) is 53.0 Å². The molecule has 1 amide bonds. The molecule has 4 heterocycles. The van der Waals surface area contributed by atoms with Crippen LogP contribution in [0.15, 0.2) is 51.7 Å². The number of hydrogen-bond donors (Lipinski definition) is 1. The highest BCUT2D eigenvalue weighted by Crippen LogP contribution is 2.28. The van der Waals surface area contributed by atoms with Crippen LogP contribution < -0.4 is 10.2 Å². The Morgan fingerprint density at radius 1 is 1.32 bits per heavy atom. The summed E-state index contributed by atoms with van der Waals surface area (Å²) in [5.74, 6) is -0.0511. The first kappa shape index (κ1) is 16.9. The fraction of sp³-hybridized carbons (Fsp3) is 0.263. The third-order valence-corrected chi connectivity index (χ3v) is 5.51. The van der Waals surface area contributed by atoms with E-state index in [0.717, 1.165) is 36.2 Å². The molecule has 1 N–H and O–H groups in total. The van der Waals surface area contributed by atoms with E-state index in [0.29, 0.717) is 18.3 Å². The minimum absolute atomic E-state index is 0.0511. The zero-order chi connectivity index (χ0) is 18.9. The van der Waals surface area contributed by atoms with Gasteiger partial charge in [0.1, 0.15) is 17.3 Å². The second kappa shape index (κ2) is 7.08. The molecule has 1 fully saturated rings. The van der Waals surface area contributed by atoms with Crippen LogP contribution in [0.1, 0.15) is 18.5 Å². The van der Waals surface area contributed by atoms with Gasteiger partial charge in [0.15, 0.2) is 5.58 Å². The summed E-state index contributed by atoms with van der Waals surface area (Å²) < 4.78 is 7.56. The molecular weight excluding hydrogens is 376 g/mol. The van der Waals surface area contributed by atoms with Crippen molar-refractivity contribution in [1.29, 1.82) is 0 Å². The molecule has 4 aromatic rings. The van der Waals surface area contributed by atoms with Crippen LogP contribution in [0, 0.1) is 0 Å². The number of amides is 1. The SMILES string of the molecule is O=C(NCc1cn(-c2ccsc2)nn1)C1CCCN1c1nc2ccccc2o1. The van der Waals surface area contributed by atoms with Crippen molar-refractivity contribution in [3.63, 3.8) is 0 Å². The molecule has 1 aliphatic rings. The smallest absolute Gasteiger partial charge is 0.299 e. The van der Waals surface area contributed by atoms with E-state index in [9.17, 15) is 4.79 Å². The summed E-state index contributed by atoms with van der Waals surface area (Å²) >= 11 is 1.60. The Morgan fingerprint density at radius 3 is 3.11 bits per heavy atom. The maximum absolute atomic E-state index is 12.8. The molecule has 0 spiro atoms. The molecule has 1 saturated heterocycles. The number of para-hydroxylation sites is 2. The second-order valence-electron chi connectivity index (χ2n) is 6.67. The molecule has 1 atom stereocenters. The Hall–Kier alpha value is -3.20. The van der Waals surface area contributed by atoms with Crippen molar-refractivity contribution in [2.75, 3.05) is 11.4 Å². The van der Waals surface area contributed by atoms with Crippen LogP contribution in [0.2, 0.25) is 0 Å². The van der Waals surface area contributed by atoms with E-state index in [1.807, 2.05) is 52.2 Å². The standard InChI is InChI=1S/C19H18N6O2S/c26-18(20-10-13-11-25(23-22-13)14-7-9-28-12-14)16-5-3-8-24(16)19-21-15-4-1-2-6-17(15)27-19/h1-2,4,6-7,9,11-12,16H,3,5,8,10H2,(H,20,26). The van der Waals surface area contributed by atoms with Crippen LogP contribution in [0.25, 0.3) is 16.8 Å². The number of hydrogen-bond acceptors (Lipinski definition) is 7. The van der Waals surface area contributed by atoms with Crippen LogP contribution in [0.5, 0.6) is 0 Å². The molecule has 0 saturated carbocycles. The van der Waals surface area contributed by atoms with Gasteiger partial charge in [0.25, 0.3) is 6.01 Å². The van der Waals surface area contributed by atoms with Gasteiger partial charge in [-0.05, 0) is 36.4 Å². The molecule has 0 radical (unpaired) electrons. The molecule has 28 heavy (non-hydrogen) atoms. The van der Waals surface area contributed by atoms with E-state index in [2.05, 4.69) is 20.6 Å². The third-order valence-electron chi connectivity index (χ3n) is 4.84. The average molecular weight is 394 g/mol. The summed E-state index contributed by atoms with van der Waals surface area (Å²) in [5.41, 5.74) is 3.21. The summed E-state index contributed by atoms with van der Waals surface area (Å²) in [4.78, 5) is 19.3. The zero-order valence-corrected chi connectivity index (χ0v) is 15.8. The van der Waals surface area contributed by atoms with Crippen LogP contribution in [-0.4, -0.2) is 38.5 Å². The van der Waals surface area contributed by atoms with E-state index in [-0.39, 0.29) is 11.9 Å². The van der Waals surface area contributed by atoms with Crippen LogP contribution in [-0.2, 0) is 11.3 Å². The number of aromatic nitrogens is 4. The van der Waals surface area contributed by atoms with Crippen molar-refractivity contribution in [2.24, 2.45) is 0 Å². The first-order chi connectivity index (χ1) is 13.8. The molecule has 5 rings (SSSR count). The van der Waals surface area contributed by atoms with Crippen LogP contribution in [0.3, 0.4) is 0 Å². The number of fused-ring (bicyclic) bond motifs is 1. The Labute approximate surface area is 164 Å². The Balaban J connectivity index is 1.27. The Kier molecular flexibility index (Phi) is 4.28. The van der Waals surface area contributed by atoms with Crippen molar-refractivity contribution in [1.82, 2.24) is 25.3 Å². The van der Waals surface area contributed by atoms with Gasteiger partial charge in [0, 0.05) is 11.9 Å². The molecule has 0 aliphatic carbocycles. The Bertz CT molecular complexity index is 1070. The van der Waals surface area contributed by atoms with Crippen molar-refractivity contribution < 1.29 is 9.21 Å². The minimum atomic E-state index is -0.292. The van der Waals surface area contributed by atoms with E-state index in [1.165, 1.54) is 0 Å². The minimum Gasteiger partial charge on any atom is -0.423 e. The summed E-state index contributed by atoms with van der Waals surface area (Å²) in [7, 11) is 0. The Morgan fingerprint density at radius 2 is 2.25 bits per heavy atom. The predicted molar refractivity (Wildman–Crippen MR) is 105 cm³/mol. The summed E-state index contributed by atoms with van der Waals surface area (Å²) in [5, 5.41) is 15.2.